The molecule has 1 unspecified atom stereocenters. The Bertz CT molecular complexity index is 143. The van der Waals surface area contributed by atoms with Crippen LogP contribution in [0.3, 0.4) is 0 Å². The molecule has 1 atom stereocenters. The van der Waals surface area contributed by atoms with E-state index in [-0.39, 0.29) is 0 Å². The molecule has 1 rings (SSSR count). The first-order chi connectivity index (χ1) is 5.72. The minimum atomic E-state index is 0.750. The van der Waals surface area contributed by atoms with Gasteiger partial charge in [-0.1, -0.05) is 6.92 Å². The van der Waals surface area contributed by atoms with E-state index < -0.39 is 0 Å². The van der Waals surface area contributed by atoms with Crippen molar-refractivity contribution in [1.29, 1.82) is 10.8 Å². The normalized spacial score (nSPS) is 18.6. The smallest absolute Gasteiger partial charge is 0.222 e. The highest BCUT2D eigenvalue weighted by Gasteiger charge is 2.07. The van der Waals surface area contributed by atoms with Crippen LogP contribution in [0.4, 0.5) is 0 Å². The molecule has 0 saturated carbocycles. The molecule has 0 amide bonds. The second kappa shape index (κ2) is 12.8. The van der Waals surface area contributed by atoms with Crippen LogP contribution in [0, 0.1) is 10.8 Å². The SMILES string of the molecule is CC1CCCS1.N=C=O.N=C=O. The molecule has 68 valence electrons. The largest absolute Gasteiger partial charge is 0.231 e. The topological polar surface area (TPSA) is 81.8 Å². The Hall–Kier alpha value is -0.890. The maximum atomic E-state index is 8.35. The van der Waals surface area contributed by atoms with Crippen LogP contribution in [0.15, 0.2) is 0 Å². The summed E-state index contributed by atoms with van der Waals surface area (Å²) in [5.41, 5.74) is 0. The van der Waals surface area contributed by atoms with Crippen LogP contribution in [-0.4, -0.2) is 23.2 Å². The van der Waals surface area contributed by atoms with E-state index >= 15 is 0 Å². The molecule has 1 aliphatic rings. The number of isocyanates is 2. The zero-order chi connectivity index (χ0) is 9.82. The molecule has 1 heterocycles. The Morgan fingerprint density at radius 3 is 1.83 bits per heavy atom. The maximum absolute atomic E-state index is 8.35. The second-order valence-electron chi connectivity index (χ2n) is 2.03. The molecular formula is C7H12N2O2S. The van der Waals surface area contributed by atoms with Crippen molar-refractivity contribution >= 4 is 23.9 Å². The molecular weight excluding hydrogens is 176 g/mol. The highest BCUT2D eigenvalue weighted by Crippen LogP contribution is 2.24. The Morgan fingerprint density at radius 1 is 1.33 bits per heavy atom. The van der Waals surface area contributed by atoms with E-state index in [1.54, 1.807) is 0 Å². The van der Waals surface area contributed by atoms with Gasteiger partial charge in [-0.15, -0.1) is 0 Å². The van der Waals surface area contributed by atoms with E-state index in [9.17, 15) is 0 Å². The zero-order valence-electron chi connectivity index (χ0n) is 6.92. The van der Waals surface area contributed by atoms with Gasteiger partial charge < -0.3 is 0 Å². The summed E-state index contributed by atoms with van der Waals surface area (Å²) >= 11 is 2.10. The van der Waals surface area contributed by atoms with E-state index in [0.717, 1.165) is 17.4 Å². The summed E-state index contributed by atoms with van der Waals surface area (Å²) in [5, 5.41) is 11.8. The summed E-state index contributed by atoms with van der Waals surface area (Å²) in [5.74, 6) is 1.40. The minimum Gasteiger partial charge on any atom is -0.222 e. The Labute approximate surface area is 75.8 Å². The molecule has 12 heavy (non-hydrogen) atoms. The minimum absolute atomic E-state index is 0.750. The number of nitrogens with one attached hydrogen (secondary N) is 2. The van der Waals surface area contributed by atoms with Gasteiger partial charge in [-0.05, 0) is 18.6 Å². The monoisotopic (exact) mass is 188 g/mol. The summed E-state index contributed by atoms with van der Waals surface area (Å²) in [6.07, 6.45) is 4.40. The van der Waals surface area contributed by atoms with E-state index in [1.807, 2.05) is 0 Å². The lowest BCUT2D eigenvalue weighted by atomic mass is 10.3. The van der Waals surface area contributed by atoms with Gasteiger partial charge in [0.1, 0.15) is 0 Å². The van der Waals surface area contributed by atoms with E-state index in [2.05, 4.69) is 18.7 Å². The van der Waals surface area contributed by atoms with Crippen LogP contribution in [0.25, 0.3) is 0 Å². The van der Waals surface area contributed by atoms with Crippen molar-refractivity contribution in [3.63, 3.8) is 0 Å². The van der Waals surface area contributed by atoms with Gasteiger partial charge >= 0.3 is 0 Å². The predicted octanol–water partition coefficient (Wildman–Crippen LogP) is 1.70. The first-order valence-corrected chi connectivity index (χ1v) is 4.47. The van der Waals surface area contributed by atoms with E-state index in [0.29, 0.717) is 0 Å². The van der Waals surface area contributed by atoms with Crippen molar-refractivity contribution in [2.75, 3.05) is 5.75 Å². The van der Waals surface area contributed by atoms with Crippen molar-refractivity contribution in [2.45, 2.75) is 25.0 Å². The Balaban J connectivity index is 0. The van der Waals surface area contributed by atoms with Gasteiger partial charge in [0, 0.05) is 5.25 Å². The van der Waals surface area contributed by atoms with Crippen LogP contribution in [0.5, 0.6) is 0 Å². The van der Waals surface area contributed by atoms with Gasteiger partial charge in [0.15, 0.2) is 0 Å². The fraction of sp³-hybridized carbons (Fsp3) is 0.714. The third-order valence-corrected chi connectivity index (χ3v) is 2.49. The quantitative estimate of drug-likeness (QED) is 0.448. The molecule has 1 fully saturated rings. The van der Waals surface area contributed by atoms with Crippen LogP contribution in [0.1, 0.15) is 19.8 Å². The van der Waals surface area contributed by atoms with Gasteiger partial charge in [0.25, 0.3) is 0 Å². The molecule has 1 saturated heterocycles. The summed E-state index contributed by atoms with van der Waals surface area (Å²) < 4.78 is 0. The number of thioether (sulfide) groups is 1. The second-order valence-corrected chi connectivity index (χ2v) is 3.57. The Morgan fingerprint density at radius 2 is 1.75 bits per heavy atom. The number of rotatable bonds is 0. The Kier molecular flexibility index (Phi) is 14.5. The third kappa shape index (κ3) is 16.1. The average molecular weight is 188 g/mol. The molecule has 0 aromatic rings. The van der Waals surface area contributed by atoms with Gasteiger partial charge in [-0.2, -0.15) is 11.8 Å². The predicted molar refractivity (Wildman–Crippen MR) is 48.0 cm³/mol. The number of hydrogen-bond donors (Lipinski definition) is 2. The molecule has 1 aliphatic heterocycles. The maximum Gasteiger partial charge on any atom is 0.231 e. The fourth-order valence-electron chi connectivity index (χ4n) is 0.739. The lowest BCUT2D eigenvalue weighted by molar-refractivity contribution is 0.562. The van der Waals surface area contributed by atoms with Crippen molar-refractivity contribution in [1.82, 2.24) is 0 Å². The summed E-state index contributed by atoms with van der Waals surface area (Å²) in [4.78, 5) is 16.7. The summed E-state index contributed by atoms with van der Waals surface area (Å²) in [7, 11) is 0. The third-order valence-electron chi connectivity index (χ3n) is 1.16. The molecule has 0 aliphatic carbocycles. The molecule has 2 N–H and O–H groups in total. The summed E-state index contributed by atoms with van der Waals surface area (Å²) in [6.45, 7) is 2.30. The van der Waals surface area contributed by atoms with Crippen molar-refractivity contribution in [3.05, 3.63) is 0 Å². The zero-order valence-corrected chi connectivity index (χ0v) is 7.74. The van der Waals surface area contributed by atoms with Gasteiger partial charge in [-0.25, -0.2) is 20.4 Å². The summed E-state index contributed by atoms with van der Waals surface area (Å²) in [6, 6.07) is 0. The van der Waals surface area contributed by atoms with Crippen LogP contribution < -0.4 is 0 Å². The first kappa shape index (κ1) is 13.7. The lowest BCUT2D eigenvalue weighted by Gasteiger charge is -1.91. The standard InChI is InChI=1S/C5H10S.2CHNO/c1-5-3-2-4-6-5;2*2-1-3/h5H,2-4H2,1H3;2*2H. The fourth-order valence-corrected chi connectivity index (χ4v) is 1.81. The average Bonchev–Trinajstić information content (AvgIpc) is 2.43. The van der Waals surface area contributed by atoms with Crippen molar-refractivity contribution in [2.24, 2.45) is 0 Å². The molecule has 5 heteroatoms. The first-order valence-electron chi connectivity index (χ1n) is 3.42. The van der Waals surface area contributed by atoms with Gasteiger partial charge in [0.2, 0.25) is 12.2 Å². The lowest BCUT2D eigenvalue weighted by Crippen LogP contribution is -1.82. The van der Waals surface area contributed by atoms with Crippen molar-refractivity contribution in [3.8, 4) is 0 Å². The highest BCUT2D eigenvalue weighted by molar-refractivity contribution is 8.00. The molecule has 4 nitrogen and oxygen atoms in total. The molecule has 0 aromatic heterocycles. The van der Waals surface area contributed by atoms with Crippen LogP contribution in [0.2, 0.25) is 0 Å². The molecule has 0 aromatic carbocycles. The van der Waals surface area contributed by atoms with Crippen molar-refractivity contribution < 1.29 is 9.59 Å². The van der Waals surface area contributed by atoms with Crippen LogP contribution in [-0.2, 0) is 9.59 Å². The van der Waals surface area contributed by atoms with Crippen LogP contribution >= 0.6 is 11.8 Å². The van der Waals surface area contributed by atoms with E-state index in [1.165, 1.54) is 18.6 Å². The van der Waals surface area contributed by atoms with E-state index in [4.69, 9.17) is 20.4 Å². The van der Waals surface area contributed by atoms with Gasteiger partial charge in [-0.3, -0.25) is 0 Å². The highest BCUT2D eigenvalue weighted by atomic mass is 32.2. The number of hydrogen-bond acceptors (Lipinski definition) is 5. The molecule has 0 spiro atoms. The molecule has 0 radical (unpaired) electrons. The number of carbonyl (C=O) groups excluding carboxylic acids is 2. The van der Waals surface area contributed by atoms with Gasteiger partial charge in [0.05, 0.1) is 0 Å². The molecule has 0 bridgehead atoms.